The van der Waals surface area contributed by atoms with Crippen molar-refractivity contribution in [2.24, 2.45) is 23.2 Å². The van der Waals surface area contributed by atoms with E-state index in [0.717, 1.165) is 6.42 Å². The number of nitrogens with one attached hydrogen (secondary N) is 1. The summed E-state index contributed by atoms with van der Waals surface area (Å²) in [6, 6.07) is 2.06. The number of nitriles is 1. The van der Waals surface area contributed by atoms with Crippen LogP contribution in [0.5, 0.6) is 0 Å². The molecule has 0 aromatic rings. The van der Waals surface area contributed by atoms with Crippen molar-refractivity contribution in [2.75, 3.05) is 13.1 Å². The molecule has 0 aromatic heterocycles. The van der Waals surface area contributed by atoms with Gasteiger partial charge in [-0.1, -0.05) is 20.3 Å². The Kier molecular flexibility index (Phi) is 3.08. The van der Waals surface area contributed by atoms with Gasteiger partial charge in [-0.25, -0.2) is 0 Å². The maximum atomic E-state index is 12.3. The van der Waals surface area contributed by atoms with E-state index in [2.05, 4.69) is 25.2 Å². The minimum Gasteiger partial charge on any atom is -0.462 e. The lowest BCUT2D eigenvalue weighted by molar-refractivity contribution is -0.146. The third kappa shape index (κ3) is 1.68. The van der Waals surface area contributed by atoms with Crippen molar-refractivity contribution in [2.45, 2.75) is 57.3 Å². The largest absolute Gasteiger partial charge is 0.462 e. The van der Waals surface area contributed by atoms with Gasteiger partial charge in [-0.2, -0.15) is 5.26 Å². The third-order valence-electron chi connectivity index (χ3n) is 6.76. The number of ether oxygens (including phenoxy) is 2. The van der Waals surface area contributed by atoms with Gasteiger partial charge in [-0.3, -0.25) is 4.79 Å². The number of nitrogens with zero attached hydrogens (tertiary/aromatic N) is 1. The monoisotopic (exact) mass is 304 g/mol. The zero-order valence-corrected chi connectivity index (χ0v) is 13.3. The van der Waals surface area contributed by atoms with Crippen LogP contribution in [0.15, 0.2) is 0 Å². The second kappa shape index (κ2) is 4.69. The molecule has 2 saturated heterocycles. The van der Waals surface area contributed by atoms with Crippen LogP contribution in [0.3, 0.4) is 0 Å². The van der Waals surface area contributed by atoms with Gasteiger partial charge in [0.1, 0.15) is 11.7 Å². The Balaban J connectivity index is 1.60. The average molecular weight is 304 g/mol. The number of carbonyl (C=O) groups excluding carboxylic acids is 1. The number of fused-ring (bicyclic) bond motifs is 2. The molecule has 4 rings (SSSR count). The summed E-state index contributed by atoms with van der Waals surface area (Å²) in [6.45, 7) is 5.42. The molecule has 1 N–H and O–H groups in total. The maximum absolute atomic E-state index is 12.3. The van der Waals surface area contributed by atoms with Crippen LogP contribution in [0.1, 0.15) is 39.5 Å². The Morgan fingerprint density at radius 2 is 2.32 bits per heavy atom. The normalized spacial score (nSPS) is 52.0. The summed E-state index contributed by atoms with van der Waals surface area (Å²) < 4.78 is 12.1. The van der Waals surface area contributed by atoms with Crippen molar-refractivity contribution < 1.29 is 14.3 Å². The second-order valence-electron chi connectivity index (χ2n) is 7.84. The van der Waals surface area contributed by atoms with Crippen molar-refractivity contribution in [3.63, 3.8) is 0 Å². The molecule has 4 aliphatic rings. The van der Waals surface area contributed by atoms with Gasteiger partial charge in [0, 0.05) is 17.9 Å². The van der Waals surface area contributed by atoms with Crippen LogP contribution >= 0.6 is 0 Å². The first-order chi connectivity index (χ1) is 10.5. The Morgan fingerprint density at radius 1 is 1.50 bits per heavy atom. The van der Waals surface area contributed by atoms with Crippen LogP contribution in [-0.4, -0.2) is 36.9 Å². The van der Waals surface area contributed by atoms with Crippen LogP contribution in [0.4, 0.5) is 0 Å². The number of carbonyl (C=O) groups is 1. The number of hydrogen-bond donors (Lipinski definition) is 1. The van der Waals surface area contributed by atoms with Crippen molar-refractivity contribution in [1.29, 1.82) is 5.26 Å². The maximum Gasteiger partial charge on any atom is 0.311 e. The molecule has 0 aromatic carbocycles. The van der Waals surface area contributed by atoms with Crippen LogP contribution in [-0.2, 0) is 14.3 Å². The third-order valence-corrected chi connectivity index (χ3v) is 6.76. The predicted molar refractivity (Wildman–Crippen MR) is 78.7 cm³/mol. The Morgan fingerprint density at radius 3 is 3.09 bits per heavy atom. The van der Waals surface area contributed by atoms with Gasteiger partial charge in [-0.05, 0) is 25.2 Å². The number of rotatable bonds is 3. The molecule has 2 aliphatic heterocycles. The molecule has 7 unspecified atom stereocenters. The predicted octanol–water partition coefficient (Wildman–Crippen LogP) is 1.62. The molecule has 5 nitrogen and oxygen atoms in total. The van der Waals surface area contributed by atoms with Gasteiger partial charge >= 0.3 is 5.97 Å². The fourth-order valence-corrected chi connectivity index (χ4v) is 5.75. The van der Waals surface area contributed by atoms with Crippen molar-refractivity contribution in [1.82, 2.24) is 5.32 Å². The van der Waals surface area contributed by atoms with E-state index >= 15 is 0 Å². The zero-order valence-electron chi connectivity index (χ0n) is 13.3. The molecule has 120 valence electrons. The molecule has 0 radical (unpaired) electrons. The standard InChI is InChI=1S/C17H24N2O3/c1-10-4-3-5-16(2)8-12-13(14-17(10,16)22-14)11(15(20)21-12)9-19-7-6-18/h10-14,19H,3-5,7-9H2,1-2H3. The molecule has 0 amide bonds. The first-order valence-electron chi connectivity index (χ1n) is 8.49. The number of epoxide rings is 1. The molecule has 5 heteroatoms. The quantitative estimate of drug-likeness (QED) is 0.371. The van der Waals surface area contributed by atoms with E-state index < -0.39 is 0 Å². The molecule has 2 saturated carbocycles. The Labute approximate surface area is 131 Å². The molecule has 1 spiro atoms. The van der Waals surface area contributed by atoms with Gasteiger partial charge in [0.05, 0.1) is 24.6 Å². The summed E-state index contributed by atoms with van der Waals surface area (Å²) >= 11 is 0. The number of esters is 1. The molecule has 22 heavy (non-hydrogen) atoms. The van der Waals surface area contributed by atoms with Crippen molar-refractivity contribution >= 4 is 5.97 Å². The average Bonchev–Trinajstić information content (AvgIpc) is 3.15. The zero-order chi connectivity index (χ0) is 15.5. The van der Waals surface area contributed by atoms with Gasteiger partial charge in [-0.15, -0.1) is 0 Å². The topological polar surface area (TPSA) is 74.6 Å². The summed E-state index contributed by atoms with van der Waals surface area (Å²) in [5.74, 6) is 0.440. The molecule has 0 bridgehead atoms. The van der Waals surface area contributed by atoms with Crippen molar-refractivity contribution in [3.05, 3.63) is 0 Å². The van der Waals surface area contributed by atoms with Gasteiger partial charge in [0.2, 0.25) is 0 Å². The lowest BCUT2D eigenvalue weighted by Gasteiger charge is -2.48. The van der Waals surface area contributed by atoms with E-state index in [-0.39, 0.29) is 47.6 Å². The summed E-state index contributed by atoms with van der Waals surface area (Å²) in [5, 5.41) is 11.7. The Hall–Kier alpha value is -1.12. The van der Waals surface area contributed by atoms with Gasteiger partial charge in [0.25, 0.3) is 0 Å². The molecule has 7 atom stereocenters. The molecule has 4 fully saturated rings. The van der Waals surface area contributed by atoms with E-state index in [4.69, 9.17) is 14.7 Å². The fourth-order valence-electron chi connectivity index (χ4n) is 5.75. The van der Waals surface area contributed by atoms with Gasteiger partial charge in [0.15, 0.2) is 0 Å². The minimum atomic E-state index is -0.165. The van der Waals surface area contributed by atoms with Crippen LogP contribution in [0, 0.1) is 34.5 Å². The summed E-state index contributed by atoms with van der Waals surface area (Å²) in [7, 11) is 0. The van der Waals surface area contributed by atoms with Crippen molar-refractivity contribution in [3.8, 4) is 6.07 Å². The second-order valence-corrected chi connectivity index (χ2v) is 7.84. The Bertz CT molecular complexity index is 545. The number of hydrogen-bond acceptors (Lipinski definition) is 5. The van der Waals surface area contributed by atoms with E-state index in [9.17, 15) is 4.79 Å². The van der Waals surface area contributed by atoms with Crippen LogP contribution < -0.4 is 5.32 Å². The smallest absolute Gasteiger partial charge is 0.311 e. The highest BCUT2D eigenvalue weighted by Gasteiger charge is 2.78. The fraction of sp³-hybridized carbons (Fsp3) is 0.882. The first-order valence-corrected chi connectivity index (χ1v) is 8.49. The molecule has 2 heterocycles. The summed E-state index contributed by atoms with van der Waals surface area (Å²) in [4.78, 5) is 12.3. The summed E-state index contributed by atoms with van der Waals surface area (Å²) in [6.07, 6.45) is 4.72. The summed E-state index contributed by atoms with van der Waals surface area (Å²) in [5.41, 5.74) is 0.111. The highest BCUT2D eigenvalue weighted by Crippen LogP contribution is 2.70. The molecular weight excluding hydrogens is 280 g/mol. The highest BCUT2D eigenvalue weighted by atomic mass is 16.6. The van der Waals surface area contributed by atoms with Crippen LogP contribution in [0.25, 0.3) is 0 Å². The van der Waals surface area contributed by atoms with E-state index in [1.165, 1.54) is 19.3 Å². The lowest BCUT2D eigenvalue weighted by Crippen LogP contribution is -2.54. The van der Waals surface area contributed by atoms with E-state index in [0.29, 0.717) is 12.5 Å². The van der Waals surface area contributed by atoms with E-state index in [1.54, 1.807) is 0 Å². The molecular formula is C17H24N2O3. The highest BCUT2D eigenvalue weighted by molar-refractivity contribution is 5.76. The van der Waals surface area contributed by atoms with Gasteiger partial charge < -0.3 is 14.8 Å². The van der Waals surface area contributed by atoms with Crippen LogP contribution in [0.2, 0.25) is 0 Å². The minimum absolute atomic E-state index is 0.00249. The molecule has 2 aliphatic carbocycles. The lowest BCUT2D eigenvalue weighted by atomic mass is 9.53. The van der Waals surface area contributed by atoms with E-state index in [1.807, 2.05) is 0 Å². The SMILES string of the molecule is CC1CCCC2(C)CC3OC(=O)C(CNCC#N)C3C3OC132. The first kappa shape index (κ1) is 14.5.